The van der Waals surface area contributed by atoms with Crippen molar-refractivity contribution in [3.63, 3.8) is 0 Å². The van der Waals surface area contributed by atoms with Crippen molar-refractivity contribution >= 4 is 32.5 Å². The molecule has 0 radical (unpaired) electrons. The van der Waals surface area contributed by atoms with Crippen LogP contribution in [0.25, 0.3) is 16.6 Å². The summed E-state index contributed by atoms with van der Waals surface area (Å²) in [6.07, 6.45) is 1.35. The lowest BCUT2D eigenvalue weighted by molar-refractivity contribution is 0.330. The van der Waals surface area contributed by atoms with E-state index >= 15 is 0 Å². The van der Waals surface area contributed by atoms with Crippen molar-refractivity contribution in [2.45, 2.75) is 37.6 Å². The molecule has 0 amide bonds. The number of hydrogen-bond acceptors (Lipinski definition) is 4. The van der Waals surface area contributed by atoms with E-state index in [4.69, 9.17) is 16.6 Å². The van der Waals surface area contributed by atoms with Crippen molar-refractivity contribution in [2.24, 2.45) is 0 Å². The number of para-hydroxylation sites is 1. The van der Waals surface area contributed by atoms with Crippen LogP contribution >= 0.6 is 11.6 Å². The zero-order chi connectivity index (χ0) is 28.3. The maximum atomic E-state index is 14.1. The molecule has 0 saturated carbocycles. The largest absolute Gasteiger partial charge is 0.268 e. The van der Waals surface area contributed by atoms with Crippen LogP contribution in [0.15, 0.2) is 113 Å². The quantitative estimate of drug-likeness (QED) is 0.200. The first kappa shape index (κ1) is 27.8. The van der Waals surface area contributed by atoms with Crippen molar-refractivity contribution in [1.29, 1.82) is 0 Å². The van der Waals surface area contributed by atoms with E-state index in [0.29, 0.717) is 33.9 Å². The standard InChI is InChI=1S/C32H30ClN3O3S/c1-3-24-13-17-27(18-14-24)36-31(34-30-12-8-7-11-29(30)32(36)37)23(2)35(22-21-25-9-5-4-6-10-25)40(38,39)28-19-15-26(33)16-20-28/h4-20,23H,3,21-22H2,1-2H3. The zero-order valence-electron chi connectivity index (χ0n) is 22.4. The second kappa shape index (κ2) is 11.8. The molecule has 1 atom stereocenters. The van der Waals surface area contributed by atoms with Gasteiger partial charge in [0.1, 0.15) is 5.82 Å². The number of fused-ring (bicyclic) bond motifs is 1. The summed E-state index contributed by atoms with van der Waals surface area (Å²) >= 11 is 6.07. The Kier molecular flexibility index (Phi) is 8.17. The van der Waals surface area contributed by atoms with Crippen LogP contribution in [-0.4, -0.2) is 28.8 Å². The summed E-state index contributed by atoms with van der Waals surface area (Å²) in [4.78, 5) is 18.9. The molecule has 0 aliphatic carbocycles. The van der Waals surface area contributed by atoms with Crippen LogP contribution in [0.4, 0.5) is 0 Å². The van der Waals surface area contributed by atoms with Crippen LogP contribution < -0.4 is 5.56 Å². The van der Waals surface area contributed by atoms with E-state index in [-0.39, 0.29) is 17.0 Å². The molecule has 0 fully saturated rings. The van der Waals surface area contributed by atoms with Gasteiger partial charge in [0, 0.05) is 11.6 Å². The van der Waals surface area contributed by atoms with Gasteiger partial charge in [-0.3, -0.25) is 9.36 Å². The van der Waals surface area contributed by atoms with E-state index in [9.17, 15) is 13.2 Å². The van der Waals surface area contributed by atoms with Gasteiger partial charge in [-0.15, -0.1) is 0 Å². The van der Waals surface area contributed by atoms with E-state index in [2.05, 4.69) is 6.92 Å². The van der Waals surface area contributed by atoms with Crippen molar-refractivity contribution in [3.8, 4) is 5.69 Å². The van der Waals surface area contributed by atoms with Gasteiger partial charge >= 0.3 is 0 Å². The molecule has 0 saturated heterocycles. The molecule has 0 aliphatic rings. The highest BCUT2D eigenvalue weighted by Gasteiger charge is 2.33. The number of rotatable bonds is 9. The predicted octanol–water partition coefficient (Wildman–Crippen LogP) is 6.60. The number of halogens is 1. The van der Waals surface area contributed by atoms with E-state index < -0.39 is 16.1 Å². The highest BCUT2D eigenvalue weighted by atomic mass is 35.5. The monoisotopic (exact) mass is 571 g/mol. The van der Waals surface area contributed by atoms with Crippen molar-refractivity contribution < 1.29 is 8.42 Å². The van der Waals surface area contributed by atoms with Gasteiger partial charge in [0.15, 0.2) is 0 Å². The van der Waals surface area contributed by atoms with Gasteiger partial charge < -0.3 is 0 Å². The first-order chi connectivity index (χ1) is 19.3. The Morgan fingerprint density at radius 2 is 1.50 bits per heavy atom. The van der Waals surface area contributed by atoms with Crippen LogP contribution in [0.2, 0.25) is 5.02 Å². The summed E-state index contributed by atoms with van der Waals surface area (Å²) < 4.78 is 31.2. The summed E-state index contributed by atoms with van der Waals surface area (Å²) in [5, 5.41) is 0.915. The smallest absolute Gasteiger partial charge is 0.266 e. The number of nitrogens with zero attached hydrogens (tertiary/aromatic N) is 3. The molecule has 4 aromatic carbocycles. The number of aromatic nitrogens is 2. The van der Waals surface area contributed by atoms with Gasteiger partial charge in [-0.1, -0.05) is 73.1 Å². The third kappa shape index (κ3) is 5.59. The molecule has 1 aromatic heterocycles. The Morgan fingerprint density at radius 1 is 0.850 bits per heavy atom. The van der Waals surface area contributed by atoms with Gasteiger partial charge in [0.25, 0.3) is 5.56 Å². The van der Waals surface area contributed by atoms with Gasteiger partial charge in [-0.25, -0.2) is 13.4 Å². The molecule has 1 heterocycles. The van der Waals surface area contributed by atoms with Crippen molar-refractivity contribution in [3.05, 3.63) is 135 Å². The van der Waals surface area contributed by atoms with Gasteiger partial charge in [-0.2, -0.15) is 4.31 Å². The molecule has 6 nitrogen and oxygen atoms in total. The number of sulfonamides is 1. The second-order valence-corrected chi connectivity index (χ2v) is 12.0. The minimum Gasteiger partial charge on any atom is -0.268 e. The molecule has 0 spiro atoms. The first-order valence-electron chi connectivity index (χ1n) is 13.2. The van der Waals surface area contributed by atoms with Crippen LogP contribution in [-0.2, 0) is 22.9 Å². The fourth-order valence-corrected chi connectivity index (χ4v) is 6.56. The lowest BCUT2D eigenvalue weighted by Crippen LogP contribution is -2.38. The Hall–Kier alpha value is -3.78. The highest BCUT2D eigenvalue weighted by molar-refractivity contribution is 7.89. The molecule has 1 unspecified atom stereocenters. The topological polar surface area (TPSA) is 72.3 Å². The number of benzene rings is 4. The summed E-state index contributed by atoms with van der Waals surface area (Å²) in [5.41, 5.74) is 3.04. The first-order valence-corrected chi connectivity index (χ1v) is 15.0. The number of hydrogen-bond donors (Lipinski definition) is 0. The molecule has 0 bridgehead atoms. The fraction of sp³-hybridized carbons (Fsp3) is 0.188. The van der Waals surface area contributed by atoms with Crippen LogP contribution in [0.3, 0.4) is 0 Å². The third-order valence-corrected chi connectivity index (χ3v) is 9.33. The fourth-order valence-electron chi connectivity index (χ4n) is 4.84. The van der Waals surface area contributed by atoms with Gasteiger partial charge in [0.05, 0.1) is 27.5 Å². The normalized spacial score (nSPS) is 12.6. The predicted molar refractivity (Wildman–Crippen MR) is 161 cm³/mol. The zero-order valence-corrected chi connectivity index (χ0v) is 23.9. The molecule has 204 valence electrons. The summed E-state index contributed by atoms with van der Waals surface area (Å²) in [5.74, 6) is 0.346. The third-order valence-electron chi connectivity index (χ3n) is 7.09. The van der Waals surface area contributed by atoms with Crippen molar-refractivity contribution in [2.75, 3.05) is 6.54 Å². The summed E-state index contributed by atoms with van der Waals surface area (Å²) in [7, 11) is -3.99. The Balaban J connectivity index is 1.68. The molecule has 5 aromatic rings. The minimum absolute atomic E-state index is 0.124. The lowest BCUT2D eigenvalue weighted by Gasteiger charge is -2.30. The maximum Gasteiger partial charge on any atom is 0.266 e. The summed E-state index contributed by atoms with van der Waals surface area (Å²) in [6.45, 7) is 4.04. The molecule has 5 rings (SSSR count). The Labute approximate surface area is 239 Å². The molecular weight excluding hydrogens is 542 g/mol. The molecule has 0 aliphatic heterocycles. The van der Waals surface area contributed by atoms with E-state index in [1.54, 1.807) is 41.8 Å². The second-order valence-electron chi connectivity index (χ2n) is 9.63. The van der Waals surface area contributed by atoms with Gasteiger partial charge in [0.2, 0.25) is 10.0 Å². The highest BCUT2D eigenvalue weighted by Crippen LogP contribution is 2.29. The molecular formula is C32H30ClN3O3S. The molecule has 0 N–H and O–H groups in total. The number of aryl methyl sites for hydroxylation is 1. The average Bonchev–Trinajstić information content (AvgIpc) is 2.98. The van der Waals surface area contributed by atoms with E-state index in [1.807, 2.05) is 60.7 Å². The Morgan fingerprint density at radius 3 is 2.17 bits per heavy atom. The SMILES string of the molecule is CCc1ccc(-n2c(C(C)N(CCc3ccccc3)S(=O)(=O)c3ccc(Cl)cc3)nc3ccccc3c2=O)cc1. The molecule has 40 heavy (non-hydrogen) atoms. The van der Waals surface area contributed by atoms with Crippen LogP contribution in [0.1, 0.15) is 36.8 Å². The van der Waals surface area contributed by atoms with Gasteiger partial charge in [-0.05, 0) is 79.4 Å². The summed E-state index contributed by atoms with van der Waals surface area (Å²) in [6, 6.07) is 30.0. The van der Waals surface area contributed by atoms with E-state index in [0.717, 1.165) is 17.5 Å². The Bertz CT molecular complexity index is 1790. The van der Waals surface area contributed by atoms with Crippen LogP contribution in [0.5, 0.6) is 0 Å². The lowest BCUT2D eigenvalue weighted by atomic mass is 10.1. The molecule has 8 heteroatoms. The average molecular weight is 572 g/mol. The van der Waals surface area contributed by atoms with Crippen LogP contribution in [0, 0.1) is 0 Å². The van der Waals surface area contributed by atoms with E-state index in [1.165, 1.54) is 16.4 Å². The maximum absolute atomic E-state index is 14.1. The minimum atomic E-state index is -3.99. The van der Waals surface area contributed by atoms with Crippen molar-refractivity contribution in [1.82, 2.24) is 13.9 Å².